The quantitative estimate of drug-likeness (QED) is 0.829. The molecular formula is C16H25NO2. The summed E-state index contributed by atoms with van der Waals surface area (Å²) >= 11 is 0. The Kier molecular flexibility index (Phi) is 5.23. The minimum absolute atomic E-state index is 0.166. The maximum Gasteiger partial charge on any atom is 0.0945 e. The summed E-state index contributed by atoms with van der Waals surface area (Å²) < 4.78 is 5.41. The minimum atomic E-state index is -0.457. The molecule has 106 valence electrons. The second-order valence-electron chi connectivity index (χ2n) is 5.57. The van der Waals surface area contributed by atoms with Crippen molar-refractivity contribution in [2.24, 2.45) is 0 Å². The Balaban J connectivity index is 1.89. The summed E-state index contributed by atoms with van der Waals surface area (Å²) in [4.78, 5) is 0. The van der Waals surface area contributed by atoms with E-state index < -0.39 is 6.10 Å². The Morgan fingerprint density at radius 3 is 2.84 bits per heavy atom. The molecule has 1 aliphatic carbocycles. The van der Waals surface area contributed by atoms with Gasteiger partial charge < -0.3 is 15.2 Å². The highest BCUT2D eigenvalue weighted by Gasteiger charge is 2.13. The lowest BCUT2D eigenvalue weighted by Crippen LogP contribution is -2.26. The Labute approximate surface area is 116 Å². The van der Waals surface area contributed by atoms with Crippen molar-refractivity contribution in [3.8, 4) is 0 Å². The van der Waals surface area contributed by atoms with Crippen molar-refractivity contribution in [1.29, 1.82) is 0 Å². The van der Waals surface area contributed by atoms with Crippen molar-refractivity contribution in [1.82, 2.24) is 0 Å². The van der Waals surface area contributed by atoms with Crippen molar-refractivity contribution in [3.63, 3.8) is 0 Å². The van der Waals surface area contributed by atoms with E-state index in [4.69, 9.17) is 4.74 Å². The summed E-state index contributed by atoms with van der Waals surface area (Å²) in [5.74, 6) is 0. The zero-order valence-electron chi connectivity index (χ0n) is 12.0. The van der Waals surface area contributed by atoms with Gasteiger partial charge in [0.15, 0.2) is 0 Å². The van der Waals surface area contributed by atoms with Gasteiger partial charge in [0, 0.05) is 12.2 Å². The molecule has 3 nitrogen and oxygen atoms in total. The number of ether oxygens (including phenoxy) is 1. The topological polar surface area (TPSA) is 41.5 Å². The van der Waals surface area contributed by atoms with Gasteiger partial charge >= 0.3 is 0 Å². The number of hydrogen-bond acceptors (Lipinski definition) is 3. The average Bonchev–Trinajstić information content (AvgIpc) is 2.42. The van der Waals surface area contributed by atoms with E-state index in [0.717, 1.165) is 6.42 Å². The second-order valence-corrected chi connectivity index (χ2v) is 5.57. The molecule has 1 atom stereocenters. The third kappa shape index (κ3) is 4.22. The van der Waals surface area contributed by atoms with Crippen LogP contribution in [-0.2, 0) is 17.6 Å². The number of hydrogen-bond donors (Lipinski definition) is 2. The largest absolute Gasteiger partial charge is 0.389 e. The summed E-state index contributed by atoms with van der Waals surface area (Å²) in [5, 5.41) is 13.2. The smallest absolute Gasteiger partial charge is 0.0945 e. The number of fused-ring (bicyclic) bond motifs is 1. The zero-order valence-corrected chi connectivity index (χ0v) is 12.0. The molecule has 0 saturated carbocycles. The molecule has 0 amide bonds. The highest BCUT2D eigenvalue weighted by molar-refractivity contribution is 5.55. The van der Waals surface area contributed by atoms with Crippen molar-refractivity contribution >= 4 is 5.69 Å². The number of benzene rings is 1. The fraction of sp³-hybridized carbons (Fsp3) is 0.625. The molecule has 1 unspecified atom stereocenters. The minimum Gasteiger partial charge on any atom is -0.389 e. The molecule has 2 rings (SSSR count). The number of aryl methyl sites for hydroxylation is 1. The lowest BCUT2D eigenvalue weighted by Gasteiger charge is -2.21. The number of nitrogens with one attached hydrogen (secondary N) is 1. The molecule has 0 saturated heterocycles. The van der Waals surface area contributed by atoms with Crippen LogP contribution in [0.1, 0.15) is 37.8 Å². The predicted octanol–water partition coefficient (Wildman–Crippen LogP) is 2.76. The standard InChI is InChI=1S/C16H25NO2/c1-12(2)19-11-14(18)10-17-16-9-5-7-13-6-3-4-8-15(13)16/h5,7,9,12,14,17-18H,3-4,6,8,10-11H2,1-2H3. The van der Waals surface area contributed by atoms with Crippen LogP contribution in [0, 0.1) is 0 Å². The normalized spacial score (nSPS) is 16.2. The fourth-order valence-corrected chi connectivity index (χ4v) is 2.54. The first-order valence-corrected chi connectivity index (χ1v) is 7.31. The van der Waals surface area contributed by atoms with Gasteiger partial charge in [-0.2, -0.15) is 0 Å². The molecule has 0 bridgehead atoms. The summed E-state index contributed by atoms with van der Waals surface area (Å²) in [6.07, 6.45) is 4.61. The lowest BCUT2D eigenvalue weighted by atomic mass is 9.90. The van der Waals surface area contributed by atoms with Crippen LogP contribution < -0.4 is 5.32 Å². The Morgan fingerprint density at radius 2 is 2.05 bits per heavy atom. The van der Waals surface area contributed by atoms with E-state index in [2.05, 4.69) is 23.5 Å². The van der Waals surface area contributed by atoms with Crippen molar-refractivity contribution in [3.05, 3.63) is 29.3 Å². The second kappa shape index (κ2) is 6.92. The molecule has 0 fully saturated rings. The van der Waals surface area contributed by atoms with Gasteiger partial charge in [0.25, 0.3) is 0 Å². The van der Waals surface area contributed by atoms with Gasteiger partial charge in [0.2, 0.25) is 0 Å². The van der Waals surface area contributed by atoms with Gasteiger partial charge in [0.1, 0.15) is 0 Å². The maximum atomic E-state index is 9.88. The maximum absolute atomic E-state index is 9.88. The Bertz CT molecular complexity index is 404. The molecule has 0 heterocycles. The van der Waals surface area contributed by atoms with Crippen LogP contribution in [0.3, 0.4) is 0 Å². The number of aliphatic hydroxyl groups is 1. The first kappa shape index (κ1) is 14.4. The molecule has 2 N–H and O–H groups in total. The van der Waals surface area contributed by atoms with Crippen LogP contribution in [0.15, 0.2) is 18.2 Å². The number of aliphatic hydroxyl groups excluding tert-OH is 1. The van der Waals surface area contributed by atoms with E-state index in [1.54, 1.807) is 0 Å². The third-order valence-electron chi connectivity index (χ3n) is 3.55. The van der Waals surface area contributed by atoms with Crippen LogP contribution >= 0.6 is 0 Å². The van der Waals surface area contributed by atoms with Crippen LogP contribution in [0.25, 0.3) is 0 Å². The Morgan fingerprint density at radius 1 is 1.26 bits per heavy atom. The molecular weight excluding hydrogens is 238 g/mol. The molecule has 0 aliphatic heterocycles. The summed E-state index contributed by atoms with van der Waals surface area (Å²) in [5.41, 5.74) is 4.08. The SMILES string of the molecule is CC(C)OCC(O)CNc1cccc2c1CCCC2. The first-order valence-electron chi connectivity index (χ1n) is 7.31. The van der Waals surface area contributed by atoms with E-state index >= 15 is 0 Å². The van der Waals surface area contributed by atoms with Gasteiger partial charge in [0.05, 0.1) is 18.8 Å². The molecule has 1 aromatic rings. The van der Waals surface area contributed by atoms with Crippen LogP contribution in [0.2, 0.25) is 0 Å². The van der Waals surface area contributed by atoms with E-state index in [9.17, 15) is 5.11 Å². The van der Waals surface area contributed by atoms with Gasteiger partial charge in [-0.1, -0.05) is 12.1 Å². The average molecular weight is 263 g/mol. The molecule has 19 heavy (non-hydrogen) atoms. The lowest BCUT2D eigenvalue weighted by molar-refractivity contribution is 0.0112. The summed E-state index contributed by atoms with van der Waals surface area (Å²) in [7, 11) is 0. The van der Waals surface area contributed by atoms with Crippen molar-refractivity contribution in [2.45, 2.75) is 51.7 Å². The molecule has 0 aromatic heterocycles. The number of rotatable bonds is 6. The fourth-order valence-electron chi connectivity index (χ4n) is 2.54. The first-order chi connectivity index (χ1) is 9.16. The van der Waals surface area contributed by atoms with Crippen LogP contribution in [0.5, 0.6) is 0 Å². The molecule has 1 aromatic carbocycles. The number of anilines is 1. The van der Waals surface area contributed by atoms with Crippen molar-refractivity contribution in [2.75, 3.05) is 18.5 Å². The molecule has 0 spiro atoms. The molecule has 1 aliphatic rings. The van der Waals surface area contributed by atoms with Gasteiger partial charge in [-0.3, -0.25) is 0 Å². The van der Waals surface area contributed by atoms with E-state index in [-0.39, 0.29) is 6.10 Å². The zero-order chi connectivity index (χ0) is 13.7. The highest BCUT2D eigenvalue weighted by Crippen LogP contribution is 2.27. The van der Waals surface area contributed by atoms with Crippen LogP contribution in [0.4, 0.5) is 5.69 Å². The highest BCUT2D eigenvalue weighted by atomic mass is 16.5. The molecule has 0 radical (unpaired) electrons. The monoisotopic (exact) mass is 263 g/mol. The molecule has 3 heteroatoms. The van der Waals surface area contributed by atoms with E-state index in [1.807, 2.05) is 13.8 Å². The predicted molar refractivity (Wildman–Crippen MR) is 78.7 cm³/mol. The van der Waals surface area contributed by atoms with E-state index in [0.29, 0.717) is 13.2 Å². The van der Waals surface area contributed by atoms with Gasteiger partial charge in [-0.05, 0) is 56.7 Å². The third-order valence-corrected chi connectivity index (χ3v) is 3.55. The Hall–Kier alpha value is -1.06. The van der Waals surface area contributed by atoms with Gasteiger partial charge in [-0.25, -0.2) is 0 Å². The van der Waals surface area contributed by atoms with Gasteiger partial charge in [-0.15, -0.1) is 0 Å². The van der Waals surface area contributed by atoms with Crippen LogP contribution in [-0.4, -0.2) is 30.5 Å². The summed E-state index contributed by atoms with van der Waals surface area (Å²) in [6, 6.07) is 6.43. The van der Waals surface area contributed by atoms with Crippen molar-refractivity contribution < 1.29 is 9.84 Å². The summed E-state index contributed by atoms with van der Waals surface area (Å²) in [6.45, 7) is 4.89. The van der Waals surface area contributed by atoms with E-state index in [1.165, 1.54) is 36.1 Å².